The molecule has 0 aliphatic rings. The minimum Gasteiger partial charge on any atom is -0.292 e. The van der Waals surface area contributed by atoms with E-state index >= 15 is 0 Å². The molecular formula is C10H20F3NO. The average molecular weight is 227 g/mol. The van der Waals surface area contributed by atoms with Crippen LogP contribution in [0.4, 0.5) is 13.2 Å². The monoisotopic (exact) mass is 227 g/mol. The van der Waals surface area contributed by atoms with E-state index in [2.05, 4.69) is 24.2 Å². The Morgan fingerprint density at radius 3 is 2.20 bits per heavy atom. The second-order valence-electron chi connectivity index (χ2n) is 3.88. The third-order valence-corrected chi connectivity index (χ3v) is 2.36. The molecule has 0 aliphatic heterocycles. The van der Waals surface area contributed by atoms with Crippen LogP contribution in [0.1, 0.15) is 40.0 Å². The first-order valence-electron chi connectivity index (χ1n) is 5.33. The summed E-state index contributed by atoms with van der Waals surface area (Å²) in [7, 11) is 0. The second kappa shape index (κ2) is 7.06. The molecule has 15 heavy (non-hydrogen) atoms. The smallest absolute Gasteiger partial charge is 0.292 e. The Kier molecular flexibility index (Phi) is 6.92. The standard InChI is InChI=1S/C10H20F3NO/c1-4-8(3)6-9(5-2)14-15-7-10(11,12)13/h8-9,14H,4-7H2,1-3H3. The van der Waals surface area contributed by atoms with E-state index in [4.69, 9.17) is 0 Å². The molecular weight excluding hydrogens is 207 g/mol. The van der Waals surface area contributed by atoms with Gasteiger partial charge in [0.25, 0.3) is 0 Å². The van der Waals surface area contributed by atoms with Gasteiger partial charge in [0.15, 0.2) is 6.61 Å². The lowest BCUT2D eigenvalue weighted by Gasteiger charge is -2.20. The van der Waals surface area contributed by atoms with E-state index in [1.54, 1.807) is 0 Å². The minimum atomic E-state index is -4.26. The van der Waals surface area contributed by atoms with Crippen molar-refractivity contribution in [2.45, 2.75) is 52.3 Å². The van der Waals surface area contributed by atoms with Gasteiger partial charge < -0.3 is 0 Å². The maximum Gasteiger partial charge on any atom is 0.413 e. The van der Waals surface area contributed by atoms with Crippen LogP contribution in [0, 0.1) is 5.92 Å². The normalized spacial score (nSPS) is 16.4. The first-order chi connectivity index (χ1) is 6.89. The fourth-order valence-electron chi connectivity index (χ4n) is 1.19. The van der Waals surface area contributed by atoms with Crippen LogP contribution in [0.3, 0.4) is 0 Å². The van der Waals surface area contributed by atoms with E-state index in [-0.39, 0.29) is 6.04 Å². The van der Waals surface area contributed by atoms with E-state index in [1.165, 1.54) is 0 Å². The third-order valence-electron chi connectivity index (χ3n) is 2.36. The van der Waals surface area contributed by atoms with Gasteiger partial charge in [-0.15, -0.1) is 0 Å². The van der Waals surface area contributed by atoms with Gasteiger partial charge in [0.05, 0.1) is 0 Å². The Hall–Kier alpha value is -0.290. The molecule has 2 nitrogen and oxygen atoms in total. The van der Waals surface area contributed by atoms with Crippen molar-refractivity contribution in [3.8, 4) is 0 Å². The van der Waals surface area contributed by atoms with Crippen LogP contribution in [0.15, 0.2) is 0 Å². The van der Waals surface area contributed by atoms with Crippen LogP contribution < -0.4 is 5.48 Å². The molecule has 0 bridgehead atoms. The molecule has 0 heterocycles. The van der Waals surface area contributed by atoms with Gasteiger partial charge in [-0.05, 0) is 18.8 Å². The lowest BCUT2D eigenvalue weighted by Crippen LogP contribution is -2.33. The molecule has 0 aromatic rings. The van der Waals surface area contributed by atoms with Crippen molar-refractivity contribution in [1.29, 1.82) is 0 Å². The lowest BCUT2D eigenvalue weighted by molar-refractivity contribution is -0.193. The van der Waals surface area contributed by atoms with E-state index in [9.17, 15) is 13.2 Å². The topological polar surface area (TPSA) is 21.3 Å². The Balaban J connectivity index is 3.71. The molecule has 0 rings (SSSR count). The zero-order valence-electron chi connectivity index (χ0n) is 9.53. The van der Waals surface area contributed by atoms with Gasteiger partial charge in [-0.2, -0.15) is 18.7 Å². The van der Waals surface area contributed by atoms with Crippen molar-refractivity contribution in [3.05, 3.63) is 0 Å². The fourth-order valence-corrected chi connectivity index (χ4v) is 1.19. The van der Waals surface area contributed by atoms with Gasteiger partial charge >= 0.3 is 6.18 Å². The molecule has 0 aromatic heterocycles. The van der Waals surface area contributed by atoms with E-state index in [0.717, 1.165) is 19.3 Å². The molecule has 5 heteroatoms. The highest BCUT2D eigenvalue weighted by atomic mass is 19.4. The summed E-state index contributed by atoms with van der Waals surface area (Å²) in [6.45, 7) is 4.84. The van der Waals surface area contributed by atoms with Gasteiger partial charge in [-0.3, -0.25) is 4.84 Å². The number of alkyl halides is 3. The molecule has 0 aromatic carbocycles. The van der Waals surface area contributed by atoms with Crippen LogP contribution in [0.2, 0.25) is 0 Å². The maximum atomic E-state index is 11.8. The van der Waals surface area contributed by atoms with Crippen molar-refractivity contribution in [1.82, 2.24) is 5.48 Å². The largest absolute Gasteiger partial charge is 0.413 e. The quantitative estimate of drug-likeness (QED) is 0.674. The van der Waals surface area contributed by atoms with Gasteiger partial charge in [0, 0.05) is 6.04 Å². The molecule has 0 fully saturated rings. The summed E-state index contributed by atoms with van der Waals surface area (Å²) in [5.41, 5.74) is 2.47. The molecule has 0 amide bonds. The summed E-state index contributed by atoms with van der Waals surface area (Å²) in [5, 5.41) is 0. The van der Waals surface area contributed by atoms with Crippen molar-refractivity contribution < 1.29 is 18.0 Å². The molecule has 0 spiro atoms. The highest BCUT2D eigenvalue weighted by molar-refractivity contribution is 4.64. The van der Waals surface area contributed by atoms with Crippen LogP contribution >= 0.6 is 0 Å². The summed E-state index contributed by atoms with van der Waals surface area (Å²) in [4.78, 5) is 4.42. The van der Waals surface area contributed by atoms with Crippen molar-refractivity contribution >= 4 is 0 Å². The molecule has 0 radical (unpaired) electrons. The Morgan fingerprint density at radius 2 is 1.80 bits per heavy atom. The maximum absolute atomic E-state index is 11.8. The number of hydrogen-bond acceptors (Lipinski definition) is 2. The van der Waals surface area contributed by atoms with Gasteiger partial charge in [-0.25, -0.2) is 0 Å². The predicted molar refractivity (Wildman–Crippen MR) is 53.3 cm³/mol. The summed E-state index contributed by atoms with van der Waals surface area (Å²) in [6, 6.07) is 0.00213. The van der Waals surface area contributed by atoms with Crippen LogP contribution in [-0.4, -0.2) is 18.8 Å². The van der Waals surface area contributed by atoms with E-state index in [1.807, 2.05) is 6.92 Å². The molecule has 92 valence electrons. The van der Waals surface area contributed by atoms with Gasteiger partial charge in [0.2, 0.25) is 0 Å². The Morgan fingerprint density at radius 1 is 1.20 bits per heavy atom. The number of halogens is 3. The summed E-state index contributed by atoms with van der Waals surface area (Å²) in [5.74, 6) is 0.497. The summed E-state index contributed by atoms with van der Waals surface area (Å²) >= 11 is 0. The number of hydroxylamine groups is 1. The summed E-state index contributed by atoms with van der Waals surface area (Å²) in [6.07, 6.45) is -1.63. The number of hydrogen-bond donors (Lipinski definition) is 1. The summed E-state index contributed by atoms with van der Waals surface area (Å²) < 4.78 is 35.3. The van der Waals surface area contributed by atoms with E-state index < -0.39 is 12.8 Å². The molecule has 1 N–H and O–H groups in total. The Bertz CT molecular complexity index is 161. The molecule has 2 atom stereocenters. The first kappa shape index (κ1) is 14.7. The van der Waals surface area contributed by atoms with Crippen molar-refractivity contribution in [2.75, 3.05) is 6.61 Å². The number of rotatable bonds is 7. The average Bonchev–Trinajstić information content (AvgIpc) is 2.14. The highest BCUT2D eigenvalue weighted by Crippen LogP contribution is 2.15. The highest BCUT2D eigenvalue weighted by Gasteiger charge is 2.28. The lowest BCUT2D eigenvalue weighted by atomic mass is 9.98. The molecule has 0 aliphatic carbocycles. The predicted octanol–water partition coefficient (Wildman–Crippen LogP) is 3.28. The molecule has 2 unspecified atom stereocenters. The SMILES string of the molecule is CCC(C)CC(CC)NOCC(F)(F)F. The zero-order chi connectivity index (χ0) is 11.9. The third kappa shape index (κ3) is 8.69. The molecule has 0 saturated carbocycles. The minimum absolute atomic E-state index is 0.00213. The molecule has 0 saturated heterocycles. The number of nitrogens with one attached hydrogen (secondary N) is 1. The van der Waals surface area contributed by atoms with E-state index in [0.29, 0.717) is 5.92 Å². The zero-order valence-corrected chi connectivity index (χ0v) is 9.53. The second-order valence-corrected chi connectivity index (χ2v) is 3.88. The first-order valence-corrected chi connectivity index (χ1v) is 5.33. The fraction of sp³-hybridized carbons (Fsp3) is 1.00. The van der Waals surface area contributed by atoms with Gasteiger partial charge in [-0.1, -0.05) is 27.2 Å². The van der Waals surface area contributed by atoms with Gasteiger partial charge in [0.1, 0.15) is 0 Å². The van der Waals surface area contributed by atoms with Crippen molar-refractivity contribution in [3.63, 3.8) is 0 Å². The van der Waals surface area contributed by atoms with Crippen LogP contribution in [0.25, 0.3) is 0 Å². The van der Waals surface area contributed by atoms with Crippen molar-refractivity contribution in [2.24, 2.45) is 5.92 Å². The Labute approximate surface area is 89.1 Å². The van der Waals surface area contributed by atoms with Crippen LogP contribution in [-0.2, 0) is 4.84 Å². The van der Waals surface area contributed by atoms with Crippen LogP contribution in [0.5, 0.6) is 0 Å².